The molecule has 0 aliphatic rings. The Morgan fingerprint density at radius 1 is 1.22 bits per heavy atom. The molecule has 0 amide bonds. The van der Waals surface area contributed by atoms with E-state index >= 15 is 0 Å². The molecular weight excluding hydrogens is 260 g/mol. The first-order valence-electron chi connectivity index (χ1n) is 6.14. The minimum Gasteiger partial charge on any atom is -0.392 e. The second-order valence-corrected chi connectivity index (χ2v) is 6.44. The van der Waals surface area contributed by atoms with Crippen LogP contribution in [0.5, 0.6) is 0 Å². The molecule has 0 saturated heterocycles. The Labute approximate surface area is 117 Å². The van der Waals surface area contributed by atoms with E-state index in [2.05, 4.69) is 36.6 Å². The average molecular weight is 278 g/mol. The third kappa shape index (κ3) is 4.16. The number of thioether (sulfide) groups is 1. The van der Waals surface area contributed by atoms with E-state index in [0.717, 1.165) is 18.6 Å². The van der Waals surface area contributed by atoms with Gasteiger partial charge in [-0.3, -0.25) is 0 Å². The van der Waals surface area contributed by atoms with E-state index in [1.165, 1.54) is 15.3 Å². The highest BCUT2D eigenvalue weighted by molar-refractivity contribution is 7.99. The maximum absolute atomic E-state index is 9.98. The molecule has 18 heavy (non-hydrogen) atoms. The molecule has 0 fully saturated rings. The maximum Gasteiger partial charge on any atom is 0.0637 e. The zero-order valence-electron chi connectivity index (χ0n) is 10.5. The van der Waals surface area contributed by atoms with E-state index < -0.39 is 0 Å². The van der Waals surface area contributed by atoms with Gasteiger partial charge in [0, 0.05) is 15.5 Å². The Kier molecular flexibility index (Phi) is 5.29. The molecule has 2 rings (SSSR count). The summed E-state index contributed by atoms with van der Waals surface area (Å²) in [6, 6.07) is 12.5. The van der Waals surface area contributed by atoms with Gasteiger partial charge in [-0.05, 0) is 42.8 Å². The molecule has 1 heterocycles. The fraction of sp³-hybridized carbons (Fsp3) is 0.333. The maximum atomic E-state index is 9.98. The van der Waals surface area contributed by atoms with Gasteiger partial charge in [-0.2, -0.15) is 0 Å². The van der Waals surface area contributed by atoms with Crippen LogP contribution in [-0.2, 0) is 6.42 Å². The first kappa shape index (κ1) is 13.7. The van der Waals surface area contributed by atoms with Gasteiger partial charge in [0.25, 0.3) is 0 Å². The standard InChI is InChI=1S/C15H18OS2/c1-12-5-2-3-7-15(12)18-11-13(16)8-9-14-6-4-10-17-14/h2-7,10,13,16H,8-9,11H2,1H3. The predicted molar refractivity (Wildman–Crippen MR) is 80.5 cm³/mol. The fourth-order valence-electron chi connectivity index (χ4n) is 1.75. The Bertz CT molecular complexity index is 465. The Hall–Kier alpha value is -0.770. The summed E-state index contributed by atoms with van der Waals surface area (Å²) in [5, 5.41) is 12.1. The molecule has 2 aromatic rings. The molecule has 0 bridgehead atoms. The molecule has 96 valence electrons. The fourth-order valence-corrected chi connectivity index (χ4v) is 3.49. The Balaban J connectivity index is 1.75. The van der Waals surface area contributed by atoms with E-state index in [9.17, 15) is 5.11 Å². The lowest BCUT2D eigenvalue weighted by atomic mass is 10.2. The summed E-state index contributed by atoms with van der Waals surface area (Å²) >= 11 is 3.51. The van der Waals surface area contributed by atoms with Crippen molar-refractivity contribution in [2.75, 3.05) is 5.75 Å². The molecule has 0 radical (unpaired) electrons. The zero-order valence-corrected chi connectivity index (χ0v) is 12.1. The van der Waals surface area contributed by atoms with E-state index in [1.807, 2.05) is 12.1 Å². The van der Waals surface area contributed by atoms with E-state index in [1.54, 1.807) is 23.1 Å². The largest absolute Gasteiger partial charge is 0.392 e. The number of hydrogen-bond acceptors (Lipinski definition) is 3. The van der Waals surface area contributed by atoms with Crippen LogP contribution in [0.25, 0.3) is 0 Å². The highest BCUT2D eigenvalue weighted by Gasteiger charge is 2.07. The van der Waals surface area contributed by atoms with Crippen molar-refractivity contribution in [2.45, 2.75) is 30.8 Å². The monoisotopic (exact) mass is 278 g/mol. The van der Waals surface area contributed by atoms with Crippen molar-refractivity contribution in [1.82, 2.24) is 0 Å². The second-order valence-electron chi connectivity index (χ2n) is 4.35. The number of hydrogen-bond donors (Lipinski definition) is 1. The van der Waals surface area contributed by atoms with Crippen LogP contribution in [-0.4, -0.2) is 17.0 Å². The number of rotatable bonds is 6. The van der Waals surface area contributed by atoms with Gasteiger partial charge >= 0.3 is 0 Å². The number of thiophene rings is 1. The first-order valence-corrected chi connectivity index (χ1v) is 8.01. The van der Waals surface area contributed by atoms with Crippen molar-refractivity contribution in [2.24, 2.45) is 0 Å². The van der Waals surface area contributed by atoms with Gasteiger partial charge in [-0.15, -0.1) is 23.1 Å². The Morgan fingerprint density at radius 3 is 2.78 bits per heavy atom. The summed E-state index contributed by atoms with van der Waals surface area (Å²) in [7, 11) is 0. The molecule has 1 aromatic carbocycles. The topological polar surface area (TPSA) is 20.2 Å². The molecule has 1 unspecified atom stereocenters. The van der Waals surface area contributed by atoms with Gasteiger partial charge in [0.2, 0.25) is 0 Å². The van der Waals surface area contributed by atoms with Gasteiger partial charge in [0.05, 0.1) is 6.10 Å². The van der Waals surface area contributed by atoms with Crippen LogP contribution in [0.3, 0.4) is 0 Å². The SMILES string of the molecule is Cc1ccccc1SCC(O)CCc1cccs1. The summed E-state index contributed by atoms with van der Waals surface area (Å²) in [6.45, 7) is 2.11. The van der Waals surface area contributed by atoms with Gasteiger partial charge < -0.3 is 5.11 Å². The van der Waals surface area contributed by atoms with E-state index in [0.29, 0.717) is 0 Å². The van der Waals surface area contributed by atoms with Crippen LogP contribution < -0.4 is 0 Å². The van der Waals surface area contributed by atoms with Crippen molar-refractivity contribution in [1.29, 1.82) is 0 Å². The smallest absolute Gasteiger partial charge is 0.0637 e. The third-order valence-corrected chi connectivity index (χ3v) is 5.09. The summed E-state index contributed by atoms with van der Waals surface area (Å²) in [5.74, 6) is 0.774. The summed E-state index contributed by atoms with van der Waals surface area (Å²) in [5.41, 5.74) is 1.29. The van der Waals surface area contributed by atoms with Gasteiger partial charge in [-0.1, -0.05) is 24.3 Å². The van der Waals surface area contributed by atoms with Crippen molar-refractivity contribution < 1.29 is 5.11 Å². The van der Waals surface area contributed by atoms with E-state index in [4.69, 9.17) is 0 Å². The normalized spacial score (nSPS) is 12.6. The van der Waals surface area contributed by atoms with Crippen LogP contribution in [0.1, 0.15) is 16.9 Å². The van der Waals surface area contributed by atoms with Crippen molar-refractivity contribution in [3.8, 4) is 0 Å². The summed E-state index contributed by atoms with van der Waals surface area (Å²) < 4.78 is 0. The first-order chi connectivity index (χ1) is 8.75. The third-order valence-electron chi connectivity index (χ3n) is 2.83. The lowest BCUT2D eigenvalue weighted by Gasteiger charge is -2.10. The summed E-state index contributed by atoms with van der Waals surface area (Å²) in [6.07, 6.45) is 1.60. The molecule has 1 nitrogen and oxygen atoms in total. The van der Waals surface area contributed by atoms with Crippen molar-refractivity contribution >= 4 is 23.1 Å². The Morgan fingerprint density at radius 2 is 2.06 bits per heavy atom. The van der Waals surface area contributed by atoms with Crippen LogP contribution in [0.2, 0.25) is 0 Å². The number of benzene rings is 1. The highest BCUT2D eigenvalue weighted by Crippen LogP contribution is 2.23. The lowest BCUT2D eigenvalue weighted by Crippen LogP contribution is -2.10. The highest BCUT2D eigenvalue weighted by atomic mass is 32.2. The number of aliphatic hydroxyl groups excluding tert-OH is 1. The van der Waals surface area contributed by atoms with Crippen LogP contribution >= 0.6 is 23.1 Å². The van der Waals surface area contributed by atoms with E-state index in [-0.39, 0.29) is 6.10 Å². The molecule has 0 aliphatic heterocycles. The molecule has 0 aliphatic carbocycles. The van der Waals surface area contributed by atoms with Crippen molar-refractivity contribution in [3.05, 3.63) is 52.2 Å². The molecule has 3 heteroatoms. The molecule has 1 N–H and O–H groups in total. The summed E-state index contributed by atoms with van der Waals surface area (Å²) in [4.78, 5) is 2.63. The molecule has 0 spiro atoms. The average Bonchev–Trinajstić information content (AvgIpc) is 2.88. The number of aryl methyl sites for hydroxylation is 2. The molecule has 1 atom stereocenters. The van der Waals surface area contributed by atoms with Crippen LogP contribution in [0, 0.1) is 6.92 Å². The van der Waals surface area contributed by atoms with Gasteiger partial charge in [0.15, 0.2) is 0 Å². The lowest BCUT2D eigenvalue weighted by molar-refractivity contribution is 0.190. The van der Waals surface area contributed by atoms with Crippen LogP contribution in [0.4, 0.5) is 0 Å². The molecule has 0 saturated carbocycles. The molecular formula is C15H18OS2. The predicted octanol–water partition coefficient (Wildman–Crippen LogP) is 4.14. The zero-order chi connectivity index (χ0) is 12.8. The van der Waals surface area contributed by atoms with Crippen molar-refractivity contribution in [3.63, 3.8) is 0 Å². The minimum atomic E-state index is -0.225. The minimum absolute atomic E-state index is 0.225. The molecule has 1 aromatic heterocycles. The quantitative estimate of drug-likeness (QED) is 0.801. The van der Waals surface area contributed by atoms with Gasteiger partial charge in [0.1, 0.15) is 0 Å². The van der Waals surface area contributed by atoms with Gasteiger partial charge in [-0.25, -0.2) is 0 Å². The van der Waals surface area contributed by atoms with Crippen LogP contribution in [0.15, 0.2) is 46.7 Å². The second kappa shape index (κ2) is 6.98. The number of aliphatic hydroxyl groups is 1.